The lowest BCUT2D eigenvalue weighted by Crippen LogP contribution is -2.58. The molecule has 2 N–H and O–H groups in total. The number of aliphatic hydroxyl groups is 1. The summed E-state index contributed by atoms with van der Waals surface area (Å²) in [5, 5.41) is 14.5. The SMILES string of the molecule is CC(=O)N[C@H]1CC[C@]2(C)CC[C@@H]([C@H](C)C(=O)N3CCCCC3)[C@H](O)[C@H]2[C@@H]1C. The number of nitrogens with one attached hydrogen (secondary N) is 1. The Morgan fingerprint density at radius 1 is 1.15 bits per heavy atom. The largest absolute Gasteiger partial charge is 0.392 e. The van der Waals surface area contributed by atoms with Crippen LogP contribution in [0.2, 0.25) is 0 Å². The molecule has 1 saturated heterocycles. The molecule has 2 amide bonds. The monoisotopic (exact) mass is 378 g/mol. The van der Waals surface area contributed by atoms with E-state index in [1.165, 1.54) is 6.42 Å². The van der Waals surface area contributed by atoms with Crippen LogP contribution in [0.15, 0.2) is 0 Å². The summed E-state index contributed by atoms with van der Waals surface area (Å²) in [4.78, 5) is 26.6. The Hall–Kier alpha value is -1.10. The summed E-state index contributed by atoms with van der Waals surface area (Å²) in [5.74, 6) is 0.489. The van der Waals surface area contributed by atoms with Crippen LogP contribution in [0.25, 0.3) is 0 Å². The highest BCUT2D eigenvalue weighted by Crippen LogP contribution is 2.55. The number of rotatable bonds is 3. The van der Waals surface area contributed by atoms with Gasteiger partial charge < -0.3 is 15.3 Å². The van der Waals surface area contributed by atoms with Gasteiger partial charge in [0.15, 0.2) is 0 Å². The van der Waals surface area contributed by atoms with Gasteiger partial charge in [-0.15, -0.1) is 0 Å². The third-order valence-electron chi connectivity index (χ3n) is 7.98. The van der Waals surface area contributed by atoms with Crippen LogP contribution in [0.5, 0.6) is 0 Å². The topological polar surface area (TPSA) is 69.6 Å². The summed E-state index contributed by atoms with van der Waals surface area (Å²) < 4.78 is 0. The zero-order valence-corrected chi connectivity index (χ0v) is 17.5. The van der Waals surface area contributed by atoms with Gasteiger partial charge in [-0.3, -0.25) is 9.59 Å². The predicted molar refractivity (Wildman–Crippen MR) is 106 cm³/mol. The van der Waals surface area contributed by atoms with Gasteiger partial charge >= 0.3 is 0 Å². The Morgan fingerprint density at radius 2 is 1.78 bits per heavy atom. The van der Waals surface area contributed by atoms with E-state index in [0.717, 1.165) is 51.6 Å². The molecule has 1 heterocycles. The number of hydrogen-bond donors (Lipinski definition) is 2. The molecule has 3 rings (SSSR count). The van der Waals surface area contributed by atoms with E-state index in [2.05, 4.69) is 19.2 Å². The Labute approximate surface area is 164 Å². The van der Waals surface area contributed by atoms with Crippen molar-refractivity contribution in [3.05, 3.63) is 0 Å². The van der Waals surface area contributed by atoms with Crippen molar-refractivity contribution in [2.24, 2.45) is 29.1 Å². The summed E-state index contributed by atoms with van der Waals surface area (Å²) in [7, 11) is 0. The lowest BCUT2D eigenvalue weighted by molar-refractivity contribution is -0.151. The highest BCUT2D eigenvalue weighted by molar-refractivity contribution is 5.79. The molecular formula is C22H38N2O3. The van der Waals surface area contributed by atoms with Crippen LogP contribution >= 0.6 is 0 Å². The zero-order valence-electron chi connectivity index (χ0n) is 17.5. The van der Waals surface area contributed by atoms with Crippen LogP contribution in [0.3, 0.4) is 0 Å². The van der Waals surface area contributed by atoms with Crippen molar-refractivity contribution in [1.29, 1.82) is 0 Å². The first-order valence-electron chi connectivity index (χ1n) is 11.0. The van der Waals surface area contributed by atoms with Crippen molar-refractivity contribution < 1.29 is 14.7 Å². The van der Waals surface area contributed by atoms with Crippen molar-refractivity contribution >= 4 is 11.8 Å². The third-order valence-corrected chi connectivity index (χ3v) is 7.98. The van der Waals surface area contributed by atoms with Crippen LogP contribution in [0, 0.1) is 29.1 Å². The van der Waals surface area contributed by atoms with Crippen molar-refractivity contribution in [3.8, 4) is 0 Å². The summed E-state index contributed by atoms with van der Waals surface area (Å²) >= 11 is 0. The van der Waals surface area contributed by atoms with Gasteiger partial charge in [0.25, 0.3) is 0 Å². The van der Waals surface area contributed by atoms with E-state index in [-0.39, 0.29) is 46.9 Å². The van der Waals surface area contributed by atoms with Gasteiger partial charge in [0, 0.05) is 32.0 Å². The number of amides is 2. The van der Waals surface area contributed by atoms with E-state index in [1.54, 1.807) is 6.92 Å². The third kappa shape index (κ3) is 4.03. The second-order valence-corrected chi connectivity index (χ2v) is 9.75. The molecule has 27 heavy (non-hydrogen) atoms. The number of carbonyl (C=O) groups is 2. The van der Waals surface area contributed by atoms with Crippen LogP contribution in [0.1, 0.15) is 72.6 Å². The molecule has 2 aliphatic carbocycles. The van der Waals surface area contributed by atoms with Crippen molar-refractivity contribution in [1.82, 2.24) is 10.2 Å². The van der Waals surface area contributed by atoms with E-state index >= 15 is 0 Å². The predicted octanol–water partition coefficient (Wildman–Crippen LogP) is 2.96. The van der Waals surface area contributed by atoms with Crippen LogP contribution < -0.4 is 5.32 Å². The molecule has 0 bridgehead atoms. The maximum Gasteiger partial charge on any atom is 0.225 e. The van der Waals surface area contributed by atoms with Gasteiger partial charge in [0.1, 0.15) is 0 Å². The van der Waals surface area contributed by atoms with E-state index in [0.29, 0.717) is 0 Å². The number of fused-ring (bicyclic) bond motifs is 1. The molecule has 0 aromatic carbocycles. The molecule has 154 valence electrons. The summed E-state index contributed by atoms with van der Waals surface area (Å²) in [6.07, 6.45) is 6.94. The van der Waals surface area contributed by atoms with Gasteiger partial charge in [-0.25, -0.2) is 0 Å². The first-order chi connectivity index (χ1) is 12.7. The van der Waals surface area contributed by atoms with Crippen molar-refractivity contribution in [2.75, 3.05) is 13.1 Å². The molecule has 0 aromatic rings. The normalized spacial score (nSPS) is 40.8. The average molecular weight is 379 g/mol. The molecule has 5 heteroatoms. The number of nitrogens with zero attached hydrogens (tertiary/aromatic N) is 1. The highest BCUT2D eigenvalue weighted by atomic mass is 16.3. The van der Waals surface area contributed by atoms with Crippen molar-refractivity contribution in [3.63, 3.8) is 0 Å². The van der Waals surface area contributed by atoms with Crippen LogP contribution in [-0.4, -0.2) is 47.1 Å². The van der Waals surface area contributed by atoms with Crippen molar-refractivity contribution in [2.45, 2.75) is 84.8 Å². The second kappa shape index (κ2) is 8.10. The average Bonchev–Trinajstić information content (AvgIpc) is 2.64. The Morgan fingerprint density at radius 3 is 2.41 bits per heavy atom. The first-order valence-corrected chi connectivity index (χ1v) is 11.0. The molecule has 2 saturated carbocycles. The summed E-state index contributed by atoms with van der Waals surface area (Å²) in [6, 6.07) is 0.127. The number of aliphatic hydroxyl groups excluding tert-OH is 1. The van der Waals surface area contributed by atoms with Crippen LogP contribution in [-0.2, 0) is 9.59 Å². The molecule has 7 atom stereocenters. The Kier molecular flexibility index (Phi) is 6.19. The number of piperidine rings is 1. The summed E-state index contributed by atoms with van der Waals surface area (Å²) in [5.41, 5.74) is 0.109. The quantitative estimate of drug-likeness (QED) is 0.793. The molecular weight excluding hydrogens is 340 g/mol. The van der Waals surface area contributed by atoms with Gasteiger partial charge in [-0.1, -0.05) is 20.8 Å². The molecule has 3 fully saturated rings. The second-order valence-electron chi connectivity index (χ2n) is 9.75. The molecule has 0 radical (unpaired) electrons. The molecule has 0 aromatic heterocycles. The van der Waals surface area contributed by atoms with Crippen LogP contribution in [0.4, 0.5) is 0 Å². The molecule has 3 aliphatic rings. The minimum absolute atomic E-state index is 0.00551. The van der Waals surface area contributed by atoms with E-state index < -0.39 is 6.10 Å². The zero-order chi connectivity index (χ0) is 19.8. The lowest BCUT2D eigenvalue weighted by atomic mass is 9.51. The number of carbonyl (C=O) groups excluding carboxylic acids is 2. The van der Waals surface area contributed by atoms with Gasteiger partial charge in [0.05, 0.1) is 6.10 Å². The fourth-order valence-electron chi connectivity index (χ4n) is 6.34. The van der Waals surface area contributed by atoms with E-state index in [9.17, 15) is 14.7 Å². The maximum atomic E-state index is 13.0. The first kappa shape index (κ1) is 20.6. The minimum atomic E-state index is -0.473. The number of likely N-dealkylation sites (tertiary alicyclic amines) is 1. The van der Waals surface area contributed by atoms with Gasteiger partial charge in [-0.05, 0) is 68.1 Å². The Bertz CT molecular complexity index is 560. The fraction of sp³-hybridized carbons (Fsp3) is 0.909. The Balaban J connectivity index is 1.74. The van der Waals surface area contributed by atoms with E-state index in [1.807, 2.05) is 11.8 Å². The lowest BCUT2D eigenvalue weighted by Gasteiger charge is -2.56. The maximum absolute atomic E-state index is 13.0. The molecule has 5 nitrogen and oxygen atoms in total. The molecule has 0 spiro atoms. The molecule has 1 aliphatic heterocycles. The number of hydrogen-bond acceptors (Lipinski definition) is 3. The fourth-order valence-corrected chi connectivity index (χ4v) is 6.34. The van der Waals surface area contributed by atoms with E-state index in [4.69, 9.17) is 0 Å². The highest BCUT2D eigenvalue weighted by Gasteiger charge is 2.54. The summed E-state index contributed by atoms with van der Waals surface area (Å²) in [6.45, 7) is 9.80. The standard InChI is InChI=1S/C22H38N2O3/c1-14(21(27)24-12-6-5-7-13-24)17-8-10-22(4)11-9-18(23-16(3)25)15(2)19(22)20(17)26/h14-15,17-20,26H,5-13H2,1-4H3,(H,23,25)/t14-,15+,17-,18-,19+,20-,22-/m0/s1. The van der Waals surface area contributed by atoms with Gasteiger partial charge in [0.2, 0.25) is 11.8 Å². The smallest absolute Gasteiger partial charge is 0.225 e. The minimum Gasteiger partial charge on any atom is -0.392 e. The van der Waals surface area contributed by atoms with Gasteiger partial charge in [-0.2, -0.15) is 0 Å². The molecule has 0 unspecified atom stereocenters.